The Labute approximate surface area is 154 Å². The fourth-order valence-electron chi connectivity index (χ4n) is 2.83. The lowest BCUT2D eigenvalue weighted by atomic mass is 10.1. The average Bonchev–Trinajstić information content (AvgIpc) is 2.70. The van der Waals surface area contributed by atoms with Crippen molar-refractivity contribution in [1.82, 2.24) is 15.2 Å². The van der Waals surface area contributed by atoms with Crippen LogP contribution in [0.2, 0.25) is 0 Å². The summed E-state index contributed by atoms with van der Waals surface area (Å²) in [6.45, 7) is 1.02. The maximum absolute atomic E-state index is 12.5. The molecule has 136 valence electrons. The summed E-state index contributed by atoms with van der Waals surface area (Å²) < 4.78 is 12.1. The minimum Gasteiger partial charge on any atom is -0.486 e. The molecule has 0 saturated carbocycles. The third-order valence-corrected chi connectivity index (χ3v) is 4.12. The van der Waals surface area contributed by atoms with Crippen LogP contribution in [-0.2, 0) is 7.05 Å². The molecule has 0 fully saturated rings. The number of aromatic nitrogens is 2. The number of hydrogen-bond acceptors (Lipinski definition) is 6. The minimum absolute atomic E-state index is 0.132. The second-order valence-corrected chi connectivity index (χ2v) is 5.93. The van der Waals surface area contributed by atoms with Crippen molar-refractivity contribution < 1.29 is 14.3 Å². The Balaban J connectivity index is 1.57. The first-order chi connectivity index (χ1) is 13.1. The van der Waals surface area contributed by atoms with Crippen LogP contribution < -0.4 is 20.5 Å². The molecule has 8 nitrogen and oxygen atoms in total. The zero-order valence-corrected chi connectivity index (χ0v) is 14.5. The number of hydrazone groups is 1. The van der Waals surface area contributed by atoms with Crippen LogP contribution in [0.1, 0.15) is 16.1 Å². The zero-order valence-electron chi connectivity index (χ0n) is 14.5. The van der Waals surface area contributed by atoms with Gasteiger partial charge in [-0.3, -0.25) is 9.59 Å². The number of hydrogen-bond donors (Lipinski definition) is 1. The molecule has 4 rings (SSSR count). The van der Waals surface area contributed by atoms with Crippen molar-refractivity contribution in [1.29, 1.82) is 0 Å². The summed E-state index contributed by atoms with van der Waals surface area (Å²) in [4.78, 5) is 24.6. The Morgan fingerprint density at radius 2 is 1.89 bits per heavy atom. The molecule has 1 amide bonds. The van der Waals surface area contributed by atoms with Gasteiger partial charge in [-0.25, -0.2) is 10.1 Å². The molecule has 1 N–H and O–H groups in total. The Bertz CT molecular complexity index is 1120. The third kappa shape index (κ3) is 3.24. The summed E-state index contributed by atoms with van der Waals surface area (Å²) in [5, 5.41) is 8.95. The van der Waals surface area contributed by atoms with E-state index in [2.05, 4.69) is 15.6 Å². The Morgan fingerprint density at radius 3 is 2.70 bits per heavy atom. The van der Waals surface area contributed by atoms with Crippen molar-refractivity contribution in [3.05, 3.63) is 64.1 Å². The van der Waals surface area contributed by atoms with Crippen molar-refractivity contribution >= 4 is 22.9 Å². The highest BCUT2D eigenvalue weighted by atomic mass is 16.6. The predicted molar refractivity (Wildman–Crippen MR) is 99.5 cm³/mol. The summed E-state index contributed by atoms with van der Waals surface area (Å²) in [5.41, 5.74) is 3.06. The normalized spacial score (nSPS) is 13.1. The lowest BCUT2D eigenvalue weighted by Gasteiger charge is -2.18. The van der Waals surface area contributed by atoms with Gasteiger partial charge in [-0.15, -0.1) is 0 Å². The van der Waals surface area contributed by atoms with Crippen LogP contribution in [0.4, 0.5) is 0 Å². The molecule has 2 heterocycles. The molecule has 1 aliphatic rings. The topological polar surface area (TPSA) is 94.8 Å². The largest absolute Gasteiger partial charge is 0.486 e. The van der Waals surface area contributed by atoms with Crippen molar-refractivity contribution in [3.8, 4) is 11.5 Å². The fraction of sp³-hybridized carbons (Fsp3) is 0.158. The van der Waals surface area contributed by atoms with E-state index in [9.17, 15) is 9.59 Å². The zero-order chi connectivity index (χ0) is 18.8. The van der Waals surface area contributed by atoms with Crippen molar-refractivity contribution in [2.45, 2.75) is 0 Å². The second-order valence-electron chi connectivity index (χ2n) is 5.93. The molecule has 0 saturated heterocycles. The fourth-order valence-corrected chi connectivity index (χ4v) is 2.83. The van der Waals surface area contributed by atoms with E-state index < -0.39 is 5.91 Å². The number of carbonyl (C=O) groups excluding carboxylic acids is 1. The van der Waals surface area contributed by atoms with Crippen LogP contribution in [-0.4, -0.2) is 35.1 Å². The van der Waals surface area contributed by atoms with Crippen molar-refractivity contribution in [2.24, 2.45) is 12.1 Å². The summed E-state index contributed by atoms with van der Waals surface area (Å²) >= 11 is 0. The quantitative estimate of drug-likeness (QED) is 0.561. The maximum Gasteiger partial charge on any atom is 0.292 e. The molecule has 1 aromatic heterocycles. The van der Waals surface area contributed by atoms with Gasteiger partial charge in [0.05, 0.1) is 11.6 Å². The monoisotopic (exact) mass is 364 g/mol. The number of nitrogens with zero attached hydrogens (tertiary/aromatic N) is 3. The van der Waals surface area contributed by atoms with Crippen LogP contribution in [0, 0.1) is 0 Å². The first-order valence-electron chi connectivity index (χ1n) is 8.32. The molecule has 0 radical (unpaired) electrons. The SMILES string of the molecule is Cn1nc(C(=O)N/N=C/c2ccc3c(c2)OCCO3)c2ccccc2c1=O. The smallest absolute Gasteiger partial charge is 0.292 e. The molecule has 0 unspecified atom stereocenters. The van der Waals surface area contributed by atoms with Gasteiger partial charge in [0, 0.05) is 12.4 Å². The predicted octanol–water partition coefficient (Wildman–Crippen LogP) is 1.47. The molecule has 3 aromatic rings. The van der Waals surface area contributed by atoms with Crippen LogP contribution in [0.3, 0.4) is 0 Å². The van der Waals surface area contributed by atoms with Crippen LogP contribution in [0.5, 0.6) is 11.5 Å². The molecule has 0 atom stereocenters. The number of rotatable bonds is 3. The van der Waals surface area contributed by atoms with Crippen molar-refractivity contribution in [3.63, 3.8) is 0 Å². The summed E-state index contributed by atoms with van der Waals surface area (Å²) in [5.74, 6) is 0.821. The lowest BCUT2D eigenvalue weighted by Crippen LogP contribution is -2.27. The van der Waals surface area contributed by atoms with E-state index >= 15 is 0 Å². The highest BCUT2D eigenvalue weighted by Gasteiger charge is 2.15. The molecule has 27 heavy (non-hydrogen) atoms. The number of aryl methyl sites for hydroxylation is 1. The highest BCUT2D eigenvalue weighted by molar-refractivity contribution is 6.04. The van der Waals surface area contributed by atoms with Gasteiger partial charge in [-0.05, 0) is 29.8 Å². The molecular weight excluding hydrogens is 348 g/mol. The first-order valence-corrected chi connectivity index (χ1v) is 8.32. The standard InChI is InChI=1S/C19H16N4O4/c1-23-19(25)14-5-3-2-4-13(14)17(22-23)18(24)21-20-11-12-6-7-15-16(10-12)27-9-8-26-15/h2-7,10-11H,8-9H2,1H3,(H,21,24)/b20-11+. The number of nitrogens with one attached hydrogen (secondary N) is 1. The average molecular weight is 364 g/mol. The van der Waals surface area contributed by atoms with E-state index in [1.165, 1.54) is 13.3 Å². The van der Waals surface area contributed by atoms with E-state index in [-0.39, 0.29) is 11.3 Å². The molecule has 0 spiro atoms. The van der Waals surface area contributed by atoms with E-state index in [0.717, 1.165) is 10.2 Å². The molecule has 1 aliphatic heterocycles. The lowest BCUT2D eigenvalue weighted by molar-refractivity contribution is 0.0950. The molecule has 8 heteroatoms. The van der Waals surface area contributed by atoms with Gasteiger partial charge in [-0.2, -0.15) is 10.2 Å². The number of amides is 1. The Hall–Kier alpha value is -3.68. The molecule has 2 aromatic carbocycles. The van der Waals surface area contributed by atoms with Crippen LogP contribution >= 0.6 is 0 Å². The van der Waals surface area contributed by atoms with Gasteiger partial charge in [0.15, 0.2) is 17.2 Å². The van der Waals surface area contributed by atoms with E-state index in [1.54, 1.807) is 36.4 Å². The van der Waals surface area contributed by atoms with Gasteiger partial charge in [-0.1, -0.05) is 18.2 Å². The number of ether oxygens (including phenoxy) is 2. The van der Waals surface area contributed by atoms with Gasteiger partial charge in [0.25, 0.3) is 11.5 Å². The number of carbonyl (C=O) groups is 1. The highest BCUT2D eigenvalue weighted by Crippen LogP contribution is 2.30. The van der Waals surface area contributed by atoms with E-state index in [0.29, 0.717) is 35.5 Å². The summed E-state index contributed by atoms with van der Waals surface area (Å²) in [6, 6.07) is 12.2. The van der Waals surface area contributed by atoms with Gasteiger partial charge >= 0.3 is 0 Å². The van der Waals surface area contributed by atoms with E-state index in [1.807, 2.05) is 6.07 Å². The van der Waals surface area contributed by atoms with Crippen LogP contribution in [0.25, 0.3) is 10.8 Å². The maximum atomic E-state index is 12.5. The van der Waals surface area contributed by atoms with Crippen molar-refractivity contribution in [2.75, 3.05) is 13.2 Å². The van der Waals surface area contributed by atoms with E-state index in [4.69, 9.17) is 9.47 Å². The van der Waals surface area contributed by atoms with Gasteiger partial charge in [0.2, 0.25) is 0 Å². The second kappa shape index (κ2) is 6.91. The molecule has 0 bridgehead atoms. The third-order valence-electron chi connectivity index (χ3n) is 4.12. The van der Waals surface area contributed by atoms with Gasteiger partial charge in [0.1, 0.15) is 13.2 Å². The molecular formula is C19H16N4O4. The summed E-state index contributed by atoms with van der Waals surface area (Å²) in [7, 11) is 1.50. The first kappa shape index (κ1) is 16.8. The Morgan fingerprint density at radius 1 is 1.15 bits per heavy atom. The summed E-state index contributed by atoms with van der Waals surface area (Å²) in [6.07, 6.45) is 1.50. The number of benzene rings is 2. The minimum atomic E-state index is -0.504. The molecule has 0 aliphatic carbocycles. The van der Waals surface area contributed by atoms with Crippen LogP contribution in [0.15, 0.2) is 52.4 Å². The number of fused-ring (bicyclic) bond motifs is 2. The Kier molecular flexibility index (Phi) is 4.29. The van der Waals surface area contributed by atoms with Gasteiger partial charge < -0.3 is 9.47 Å².